The van der Waals surface area contributed by atoms with E-state index in [1.165, 1.54) is 16.9 Å². The van der Waals surface area contributed by atoms with Crippen molar-refractivity contribution in [1.82, 2.24) is 5.32 Å². The lowest BCUT2D eigenvalue weighted by Gasteiger charge is -2.28. The minimum atomic E-state index is 0.467. The molecule has 1 aromatic carbocycles. The van der Waals surface area contributed by atoms with Crippen LogP contribution in [-0.2, 0) is 11.2 Å². The monoisotopic (exact) mass is 221 g/mol. The van der Waals surface area contributed by atoms with Crippen molar-refractivity contribution in [3.63, 3.8) is 0 Å². The van der Waals surface area contributed by atoms with E-state index in [-0.39, 0.29) is 0 Å². The van der Waals surface area contributed by atoms with Crippen LogP contribution in [0.2, 0.25) is 0 Å². The Hall–Kier alpha value is -0.510. The third-order valence-corrected chi connectivity index (χ3v) is 4.26. The van der Waals surface area contributed by atoms with Gasteiger partial charge in [-0.25, -0.2) is 0 Å². The van der Waals surface area contributed by atoms with Crippen molar-refractivity contribution in [1.29, 1.82) is 0 Å². The molecule has 0 bridgehead atoms. The SMILES string of the molecule is c1ccc2c(c1)CC(COC1CNC1)S2. The summed E-state index contributed by atoms with van der Waals surface area (Å²) < 4.78 is 5.81. The first-order chi connectivity index (χ1) is 7.42. The van der Waals surface area contributed by atoms with Crippen LogP contribution in [0.4, 0.5) is 0 Å². The highest BCUT2D eigenvalue weighted by Gasteiger charge is 2.24. The molecule has 1 saturated heterocycles. The molecule has 1 fully saturated rings. The van der Waals surface area contributed by atoms with E-state index in [0.29, 0.717) is 11.4 Å². The fourth-order valence-corrected chi connectivity index (χ4v) is 3.20. The van der Waals surface area contributed by atoms with Gasteiger partial charge in [-0.3, -0.25) is 0 Å². The van der Waals surface area contributed by atoms with E-state index in [0.717, 1.165) is 19.7 Å². The second kappa shape index (κ2) is 4.16. The first kappa shape index (κ1) is 9.70. The van der Waals surface area contributed by atoms with Crippen molar-refractivity contribution in [3.05, 3.63) is 29.8 Å². The Bertz CT molecular complexity index is 326. The minimum Gasteiger partial charge on any atom is -0.374 e. The molecule has 1 aromatic rings. The number of nitrogens with one attached hydrogen (secondary N) is 1. The Morgan fingerprint density at radius 3 is 2.93 bits per heavy atom. The van der Waals surface area contributed by atoms with Crippen LogP contribution in [0.15, 0.2) is 29.2 Å². The highest BCUT2D eigenvalue weighted by atomic mass is 32.2. The van der Waals surface area contributed by atoms with Gasteiger partial charge >= 0.3 is 0 Å². The van der Waals surface area contributed by atoms with E-state index >= 15 is 0 Å². The largest absolute Gasteiger partial charge is 0.374 e. The summed E-state index contributed by atoms with van der Waals surface area (Å²) in [6.07, 6.45) is 1.63. The van der Waals surface area contributed by atoms with E-state index in [9.17, 15) is 0 Å². The topological polar surface area (TPSA) is 21.3 Å². The van der Waals surface area contributed by atoms with Gasteiger partial charge in [0.05, 0.1) is 12.7 Å². The Labute approximate surface area is 94.4 Å². The van der Waals surface area contributed by atoms with Crippen molar-refractivity contribution < 1.29 is 4.74 Å². The van der Waals surface area contributed by atoms with Gasteiger partial charge in [-0.15, -0.1) is 11.8 Å². The normalized spacial score (nSPS) is 24.9. The summed E-state index contributed by atoms with van der Waals surface area (Å²) in [5, 5.41) is 3.85. The number of hydrogen-bond acceptors (Lipinski definition) is 3. The maximum atomic E-state index is 5.81. The van der Waals surface area contributed by atoms with Gasteiger partial charge in [0.2, 0.25) is 0 Å². The second-order valence-corrected chi connectivity index (χ2v) is 5.51. The van der Waals surface area contributed by atoms with Gasteiger partial charge in [-0.05, 0) is 18.1 Å². The second-order valence-electron chi connectivity index (χ2n) is 4.17. The average molecular weight is 221 g/mol. The Morgan fingerprint density at radius 2 is 2.20 bits per heavy atom. The number of hydrogen-bond donors (Lipinski definition) is 1. The van der Waals surface area contributed by atoms with E-state index in [2.05, 4.69) is 29.6 Å². The number of rotatable bonds is 3. The van der Waals surface area contributed by atoms with Gasteiger partial charge < -0.3 is 10.1 Å². The summed E-state index contributed by atoms with van der Waals surface area (Å²) >= 11 is 1.97. The van der Waals surface area contributed by atoms with Crippen LogP contribution in [0.25, 0.3) is 0 Å². The van der Waals surface area contributed by atoms with Gasteiger partial charge in [0.25, 0.3) is 0 Å². The Morgan fingerprint density at radius 1 is 1.33 bits per heavy atom. The zero-order chi connectivity index (χ0) is 10.1. The summed E-state index contributed by atoms with van der Waals surface area (Å²) in [7, 11) is 0. The molecule has 0 saturated carbocycles. The molecule has 0 amide bonds. The van der Waals surface area contributed by atoms with Crippen LogP contribution in [0.5, 0.6) is 0 Å². The van der Waals surface area contributed by atoms with Crippen LogP contribution >= 0.6 is 11.8 Å². The van der Waals surface area contributed by atoms with Crippen LogP contribution < -0.4 is 5.32 Å². The molecule has 2 aliphatic rings. The minimum absolute atomic E-state index is 0.467. The summed E-state index contributed by atoms with van der Waals surface area (Å²) in [6, 6.07) is 8.68. The summed E-state index contributed by atoms with van der Waals surface area (Å²) in [4.78, 5) is 1.44. The molecule has 2 nitrogen and oxygen atoms in total. The highest BCUT2D eigenvalue weighted by Crippen LogP contribution is 2.36. The zero-order valence-corrected chi connectivity index (χ0v) is 9.43. The summed E-state index contributed by atoms with van der Waals surface area (Å²) in [6.45, 7) is 2.96. The molecule has 80 valence electrons. The molecule has 2 aliphatic heterocycles. The van der Waals surface area contributed by atoms with Gasteiger partial charge in [0, 0.05) is 23.2 Å². The highest BCUT2D eigenvalue weighted by molar-refractivity contribution is 8.00. The molecule has 0 aliphatic carbocycles. The number of fused-ring (bicyclic) bond motifs is 1. The van der Waals surface area contributed by atoms with Gasteiger partial charge in [-0.1, -0.05) is 18.2 Å². The molecule has 0 radical (unpaired) electrons. The van der Waals surface area contributed by atoms with Crippen molar-refractivity contribution in [2.75, 3.05) is 19.7 Å². The predicted molar refractivity (Wildman–Crippen MR) is 62.4 cm³/mol. The molecule has 3 rings (SSSR count). The van der Waals surface area contributed by atoms with Crippen LogP contribution in [0.3, 0.4) is 0 Å². The zero-order valence-electron chi connectivity index (χ0n) is 8.61. The first-order valence-electron chi connectivity index (χ1n) is 5.49. The van der Waals surface area contributed by atoms with Crippen molar-refractivity contribution in [3.8, 4) is 0 Å². The van der Waals surface area contributed by atoms with Crippen molar-refractivity contribution in [2.45, 2.75) is 22.7 Å². The molecular weight excluding hydrogens is 206 g/mol. The quantitative estimate of drug-likeness (QED) is 0.839. The fourth-order valence-electron chi connectivity index (χ4n) is 1.97. The fraction of sp³-hybridized carbons (Fsp3) is 0.500. The van der Waals surface area contributed by atoms with Crippen molar-refractivity contribution >= 4 is 11.8 Å². The molecule has 0 spiro atoms. The third-order valence-electron chi connectivity index (χ3n) is 2.98. The maximum Gasteiger partial charge on any atom is 0.0824 e. The average Bonchev–Trinajstić information content (AvgIpc) is 2.57. The van der Waals surface area contributed by atoms with Crippen LogP contribution in [0, 0.1) is 0 Å². The van der Waals surface area contributed by atoms with Crippen LogP contribution in [0.1, 0.15) is 5.56 Å². The predicted octanol–water partition coefficient (Wildman–Crippen LogP) is 1.69. The van der Waals surface area contributed by atoms with Gasteiger partial charge in [0.1, 0.15) is 0 Å². The number of thioether (sulfide) groups is 1. The maximum absolute atomic E-state index is 5.81. The molecule has 15 heavy (non-hydrogen) atoms. The molecular formula is C12H15NOS. The molecule has 1 unspecified atom stereocenters. The Balaban J connectivity index is 1.54. The smallest absolute Gasteiger partial charge is 0.0824 e. The molecule has 2 heterocycles. The van der Waals surface area contributed by atoms with E-state index in [4.69, 9.17) is 4.74 Å². The van der Waals surface area contributed by atoms with E-state index in [1.54, 1.807) is 0 Å². The van der Waals surface area contributed by atoms with Crippen LogP contribution in [-0.4, -0.2) is 31.1 Å². The Kier molecular flexibility index (Phi) is 2.69. The summed E-state index contributed by atoms with van der Waals surface area (Å²) in [5.74, 6) is 0. The lowest BCUT2D eigenvalue weighted by atomic mass is 10.1. The first-order valence-corrected chi connectivity index (χ1v) is 6.36. The van der Waals surface area contributed by atoms with E-state index < -0.39 is 0 Å². The van der Waals surface area contributed by atoms with Crippen molar-refractivity contribution in [2.24, 2.45) is 0 Å². The molecule has 1 N–H and O–H groups in total. The third kappa shape index (κ3) is 2.05. The molecule has 0 aromatic heterocycles. The molecule has 1 atom stereocenters. The molecule has 3 heteroatoms. The lowest BCUT2D eigenvalue weighted by molar-refractivity contribution is 0.0202. The summed E-state index contributed by atoms with van der Waals surface area (Å²) in [5.41, 5.74) is 1.49. The number of benzene rings is 1. The lowest BCUT2D eigenvalue weighted by Crippen LogP contribution is -2.49. The van der Waals surface area contributed by atoms with Gasteiger partial charge in [-0.2, -0.15) is 0 Å². The van der Waals surface area contributed by atoms with E-state index in [1.807, 2.05) is 11.8 Å². The number of ether oxygens (including phenoxy) is 1. The van der Waals surface area contributed by atoms with Gasteiger partial charge in [0.15, 0.2) is 0 Å². The standard InChI is InChI=1S/C12H15NOS/c1-2-4-12-9(3-1)5-11(15-12)8-14-10-6-13-7-10/h1-4,10-11,13H,5-8H2.